The summed E-state index contributed by atoms with van der Waals surface area (Å²) >= 11 is 5.57. The monoisotopic (exact) mass is 331 g/mol. The Hall–Kier alpha value is -1.95. The van der Waals surface area contributed by atoms with Crippen LogP contribution in [0.2, 0.25) is 5.02 Å². The van der Waals surface area contributed by atoms with E-state index in [4.69, 9.17) is 16.3 Å². The van der Waals surface area contributed by atoms with E-state index in [1.165, 1.54) is 0 Å². The minimum absolute atomic E-state index is 0.0309. The van der Waals surface area contributed by atoms with Gasteiger partial charge in [0.2, 0.25) is 0 Å². The van der Waals surface area contributed by atoms with Gasteiger partial charge in [-0.2, -0.15) is 13.2 Å². The molecule has 0 radical (unpaired) electrons. The van der Waals surface area contributed by atoms with Gasteiger partial charge in [-0.25, -0.2) is 0 Å². The van der Waals surface area contributed by atoms with E-state index in [2.05, 4.69) is 0 Å². The van der Waals surface area contributed by atoms with E-state index in [9.17, 15) is 18.0 Å². The summed E-state index contributed by atoms with van der Waals surface area (Å²) < 4.78 is 44.5. The molecular formula is C15H13ClF3NO2. The molecule has 1 heterocycles. The number of rotatable bonds is 4. The lowest BCUT2D eigenvalue weighted by molar-refractivity contribution is -0.138. The lowest BCUT2D eigenvalue weighted by Crippen LogP contribution is -2.25. The van der Waals surface area contributed by atoms with E-state index in [1.54, 1.807) is 12.1 Å². The normalized spacial score (nSPS) is 11.5. The van der Waals surface area contributed by atoms with Gasteiger partial charge in [-0.1, -0.05) is 29.8 Å². The van der Waals surface area contributed by atoms with Crippen molar-refractivity contribution in [2.75, 3.05) is 6.61 Å². The summed E-state index contributed by atoms with van der Waals surface area (Å²) in [6.07, 6.45) is -3.81. The third-order valence-electron chi connectivity index (χ3n) is 3.05. The molecule has 3 nitrogen and oxygen atoms in total. The molecule has 0 N–H and O–H groups in total. The number of para-hydroxylation sites is 1. The number of benzene rings is 1. The zero-order valence-corrected chi connectivity index (χ0v) is 12.4. The summed E-state index contributed by atoms with van der Waals surface area (Å²) in [4.78, 5) is 11.8. The van der Waals surface area contributed by atoms with Crippen LogP contribution >= 0.6 is 11.6 Å². The highest BCUT2D eigenvalue weighted by molar-refractivity contribution is 6.30. The first kappa shape index (κ1) is 16.4. The molecule has 7 heteroatoms. The Morgan fingerprint density at radius 2 is 1.95 bits per heavy atom. The molecule has 22 heavy (non-hydrogen) atoms. The van der Waals surface area contributed by atoms with Gasteiger partial charge in [0.25, 0.3) is 5.56 Å². The van der Waals surface area contributed by atoms with Crippen LogP contribution < -0.4 is 10.3 Å². The van der Waals surface area contributed by atoms with Crippen molar-refractivity contribution >= 4 is 11.6 Å². The number of aryl methyl sites for hydroxylation is 1. The molecule has 118 valence electrons. The van der Waals surface area contributed by atoms with E-state index in [0.717, 1.165) is 16.3 Å². The van der Waals surface area contributed by atoms with Crippen molar-refractivity contribution in [3.63, 3.8) is 0 Å². The van der Waals surface area contributed by atoms with Crippen LogP contribution in [-0.4, -0.2) is 11.2 Å². The Morgan fingerprint density at radius 1 is 1.27 bits per heavy atom. The number of ether oxygens (including phenoxy) is 1. The van der Waals surface area contributed by atoms with Gasteiger partial charge < -0.3 is 9.30 Å². The third kappa shape index (κ3) is 3.82. The van der Waals surface area contributed by atoms with Gasteiger partial charge in [0.05, 0.1) is 12.1 Å². The maximum atomic E-state index is 12.7. The average Bonchev–Trinajstić information content (AvgIpc) is 2.44. The van der Waals surface area contributed by atoms with Crippen LogP contribution in [0.5, 0.6) is 5.75 Å². The Morgan fingerprint density at radius 3 is 2.59 bits per heavy atom. The second-order valence-electron chi connectivity index (χ2n) is 4.69. The SMILES string of the molecule is Cc1ccccc1OCCn1cc(C(F)(F)F)cc(Cl)c1=O. The van der Waals surface area contributed by atoms with Crippen LogP contribution in [0.4, 0.5) is 13.2 Å². The number of pyridine rings is 1. The molecule has 0 fully saturated rings. The van der Waals surface area contributed by atoms with Crippen LogP contribution in [0.3, 0.4) is 0 Å². The van der Waals surface area contributed by atoms with Gasteiger partial charge in [0.1, 0.15) is 17.4 Å². The fourth-order valence-corrected chi connectivity index (χ4v) is 2.12. The van der Waals surface area contributed by atoms with Crippen LogP contribution in [0.25, 0.3) is 0 Å². The van der Waals surface area contributed by atoms with Crippen LogP contribution in [0.1, 0.15) is 11.1 Å². The number of halogens is 4. The lowest BCUT2D eigenvalue weighted by Gasteiger charge is -2.13. The molecular weight excluding hydrogens is 319 g/mol. The first-order valence-corrected chi connectivity index (χ1v) is 6.82. The van der Waals surface area contributed by atoms with Gasteiger partial charge in [-0.05, 0) is 24.6 Å². The second kappa shape index (κ2) is 6.44. The van der Waals surface area contributed by atoms with Crippen molar-refractivity contribution in [1.29, 1.82) is 0 Å². The molecule has 0 aliphatic rings. The highest BCUT2D eigenvalue weighted by atomic mass is 35.5. The average molecular weight is 332 g/mol. The van der Waals surface area contributed by atoms with Crippen LogP contribution in [-0.2, 0) is 12.7 Å². The topological polar surface area (TPSA) is 31.2 Å². The maximum Gasteiger partial charge on any atom is 0.417 e. The molecule has 0 amide bonds. The summed E-state index contributed by atoms with van der Waals surface area (Å²) in [7, 11) is 0. The highest BCUT2D eigenvalue weighted by Crippen LogP contribution is 2.29. The number of hydrogen-bond donors (Lipinski definition) is 0. The molecule has 1 aromatic carbocycles. The molecule has 2 rings (SSSR count). The smallest absolute Gasteiger partial charge is 0.417 e. The van der Waals surface area contributed by atoms with E-state index < -0.39 is 22.3 Å². The molecule has 0 spiro atoms. The first-order chi connectivity index (χ1) is 10.3. The summed E-state index contributed by atoms with van der Waals surface area (Å²) in [5.41, 5.74) is -0.743. The van der Waals surface area contributed by atoms with Gasteiger partial charge >= 0.3 is 6.18 Å². The largest absolute Gasteiger partial charge is 0.491 e. The molecule has 0 saturated heterocycles. The van der Waals surface area contributed by atoms with Crippen molar-refractivity contribution in [2.45, 2.75) is 19.6 Å². The molecule has 0 unspecified atom stereocenters. The van der Waals surface area contributed by atoms with Crippen molar-refractivity contribution in [3.8, 4) is 5.75 Å². The number of nitrogens with zero attached hydrogens (tertiary/aromatic N) is 1. The minimum Gasteiger partial charge on any atom is -0.491 e. The number of alkyl halides is 3. The van der Waals surface area contributed by atoms with Crippen molar-refractivity contribution in [3.05, 3.63) is 63.0 Å². The van der Waals surface area contributed by atoms with Gasteiger partial charge in [0.15, 0.2) is 0 Å². The van der Waals surface area contributed by atoms with Crippen molar-refractivity contribution < 1.29 is 17.9 Å². The van der Waals surface area contributed by atoms with Gasteiger partial charge in [0, 0.05) is 6.20 Å². The predicted molar refractivity (Wildman–Crippen MR) is 77.4 cm³/mol. The minimum atomic E-state index is -4.56. The van der Waals surface area contributed by atoms with Crippen molar-refractivity contribution in [1.82, 2.24) is 4.57 Å². The lowest BCUT2D eigenvalue weighted by atomic mass is 10.2. The molecule has 0 aliphatic heterocycles. The van der Waals surface area contributed by atoms with Crippen molar-refractivity contribution in [2.24, 2.45) is 0 Å². The summed E-state index contributed by atoms with van der Waals surface area (Å²) in [6, 6.07) is 7.86. The Kier molecular flexibility index (Phi) is 4.81. The Balaban J connectivity index is 2.15. The van der Waals surface area contributed by atoms with E-state index in [-0.39, 0.29) is 13.2 Å². The quantitative estimate of drug-likeness (QED) is 0.850. The summed E-state index contributed by atoms with van der Waals surface area (Å²) in [5, 5.41) is -0.467. The zero-order chi connectivity index (χ0) is 16.3. The molecule has 1 aromatic heterocycles. The van der Waals surface area contributed by atoms with E-state index in [0.29, 0.717) is 11.8 Å². The number of hydrogen-bond acceptors (Lipinski definition) is 2. The molecule has 0 saturated carbocycles. The van der Waals surface area contributed by atoms with E-state index >= 15 is 0 Å². The second-order valence-corrected chi connectivity index (χ2v) is 5.09. The fourth-order valence-electron chi connectivity index (χ4n) is 1.89. The standard InChI is InChI=1S/C15H13ClF3NO2/c1-10-4-2-3-5-13(10)22-7-6-20-9-11(15(17,18)19)8-12(16)14(20)21/h2-5,8-9H,6-7H2,1H3. The Bertz CT molecular complexity index is 725. The molecule has 0 atom stereocenters. The van der Waals surface area contributed by atoms with Crippen LogP contribution in [0, 0.1) is 6.92 Å². The summed E-state index contributed by atoms with van der Waals surface area (Å²) in [6.45, 7) is 1.88. The number of aromatic nitrogens is 1. The van der Waals surface area contributed by atoms with Gasteiger partial charge in [-0.15, -0.1) is 0 Å². The fraction of sp³-hybridized carbons (Fsp3) is 0.267. The van der Waals surface area contributed by atoms with Crippen LogP contribution in [0.15, 0.2) is 41.3 Å². The van der Waals surface area contributed by atoms with E-state index in [1.807, 2.05) is 19.1 Å². The first-order valence-electron chi connectivity index (χ1n) is 6.44. The predicted octanol–water partition coefficient (Wildman–Crippen LogP) is 3.91. The zero-order valence-electron chi connectivity index (χ0n) is 11.7. The Labute approximate surface area is 129 Å². The molecule has 0 bridgehead atoms. The molecule has 2 aromatic rings. The maximum absolute atomic E-state index is 12.7. The molecule has 0 aliphatic carbocycles. The summed E-state index contributed by atoms with van der Waals surface area (Å²) in [5.74, 6) is 0.619. The van der Waals surface area contributed by atoms with Gasteiger partial charge in [-0.3, -0.25) is 4.79 Å². The third-order valence-corrected chi connectivity index (χ3v) is 3.32. The highest BCUT2D eigenvalue weighted by Gasteiger charge is 2.32.